The average molecular weight is 1070 g/mol. The van der Waals surface area contributed by atoms with Crippen molar-refractivity contribution in [1.82, 2.24) is 5.32 Å². The van der Waals surface area contributed by atoms with Gasteiger partial charge in [-0.1, -0.05) is 313 Å². The van der Waals surface area contributed by atoms with E-state index in [0.29, 0.717) is 25.9 Å². The van der Waals surface area contributed by atoms with Gasteiger partial charge in [0.2, 0.25) is 5.91 Å². The second kappa shape index (κ2) is 65.3. The van der Waals surface area contributed by atoms with E-state index in [2.05, 4.69) is 67.8 Å². The lowest BCUT2D eigenvalue weighted by Gasteiger charge is -2.22. The van der Waals surface area contributed by atoms with Crippen molar-refractivity contribution in [2.75, 3.05) is 13.2 Å². The molecule has 0 saturated carbocycles. The minimum Gasteiger partial charge on any atom is -0.466 e. The molecule has 0 bridgehead atoms. The summed E-state index contributed by atoms with van der Waals surface area (Å²) in [4.78, 5) is 24.6. The SMILES string of the molecule is CCCC/C=C\C/C=C\CCCCCCCC(=O)OCCCCCCCCCCC/C=C\C/C=C\CCCCCCCCCC(=O)NC(CO)C(O)CCCCCCCCCCCCCCCCCCCCCCCC. The maximum absolute atomic E-state index is 12.5. The van der Waals surface area contributed by atoms with Gasteiger partial charge in [0.1, 0.15) is 0 Å². The summed E-state index contributed by atoms with van der Waals surface area (Å²) < 4.78 is 5.47. The van der Waals surface area contributed by atoms with Crippen molar-refractivity contribution in [2.24, 2.45) is 0 Å². The number of hydrogen-bond acceptors (Lipinski definition) is 5. The third kappa shape index (κ3) is 61.0. The monoisotopic (exact) mass is 1070 g/mol. The standard InChI is InChI=1S/C70H131NO5/c1-3-5-7-9-11-13-15-17-19-20-21-22-26-29-32-35-38-42-46-50-54-58-62-68(73)67(66-72)71-69(74)63-59-55-51-47-43-39-36-33-30-27-24-23-25-28-31-34-37-41-45-49-53-57-61-65-76-70(75)64-60-56-52-48-44-40-18-16-14-12-10-8-6-4-2/h10,12,16,18,23,25,27,30,67-68,72-73H,3-9,11,13-15,17,19-22,24,26,28-29,31-66H2,1-2H3,(H,71,74)/b12-10-,18-16-,25-23-,30-27-. The van der Waals surface area contributed by atoms with E-state index in [0.717, 1.165) is 64.2 Å². The lowest BCUT2D eigenvalue weighted by molar-refractivity contribution is -0.143. The van der Waals surface area contributed by atoms with Gasteiger partial charge in [0.15, 0.2) is 0 Å². The number of esters is 1. The number of carbonyl (C=O) groups excluding carboxylic acids is 2. The van der Waals surface area contributed by atoms with Gasteiger partial charge < -0.3 is 20.3 Å². The van der Waals surface area contributed by atoms with Gasteiger partial charge in [-0.05, 0) is 83.5 Å². The molecule has 0 aromatic carbocycles. The molecular formula is C70H131NO5. The molecule has 2 atom stereocenters. The van der Waals surface area contributed by atoms with Gasteiger partial charge in [-0.3, -0.25) is 9.59 Å². The lowest BCUT2D eigenvalue weighted by Crippen LogP contribution is -2.45. The number of ether oxygens (including phenoxy) is 1. The Morgan fingerprint density at radius 3 is 1.04 bits per heavy atom. The van der Waals surface area contributed by atoms with Crippen LogP contribution in [0.5, 0.6) is 0 Å². The Bertz CT molecular complexity index is 1270. The zero-order valence-corrected chi connectivity index (χ0v) is 51.0. The topological polar surface area (TPSA) is 95.9 Å². The number of unbranched alkanes of at least 4 members (excludes halogenated alkanes) is 44. The van der Waals surface area contributed by atoms with Crippen molar-refractivity contribution >= 4 is 11.9 Å². The van der Waals surface area contributed by atoms with Gasteiger partial charge in [0, 0.05) is 12.8 Å². The van der Waals surface area contributed by atoms with Crippen molar-refractivity contribution in [3.8, 4) is 0 Å². The van der Waals surface area contributed by atoms with Crippen LogP contribution in [0.2, 0.25) is 0 Å². The molecule has 0 aromatic rings. The molecule has 0 fully saturated rings. The number of rotatable bonds is 63. The van der Waals surface area contributed by atoms with E-state index in [1.807, 2.05) is 0 Å². The molecule has 1 amide bonds. The predicted octanol–water partition coefficient (Wildman–Crippen LogP) is 21.7. The van der Waals surface area contributed by atoms with Crippen LogP contribution in [0.1, 0.15) is 361 Å². The summed E-state index contributed by atoms with van der Waals surface area (Å²) in [6.45, 7) is 4.92. The molecule has 0 aromatic heterocycles. The molecule has 76 heavy (non-hydrogen) atoms. The van der Waals surface area contributed by atoms with E-state index in [4.69, 9.17) is 4.74 Å². The first kappa shape index (κ1) is 73.8. The highest BCUT2D eigenvalue weighted by Crippen LogP contribution is 2.18. The highest BCUT2D eigenvalue weighted by atomic mass is 16.5. The van der Waals surface area contributed by atoms with Gasteiger partial charge in [0.05, 0.1) is 25.4 Å². The number of aliphatic hydroxyl groups excluding tert-OH is 2. The molecule has 446 valence electrons. The Balaban J connectivity index is 3.46. The van der Waals surface area contributed by atoms with Crippen LogP contribution < -0.4 is 5.32 Å². The molecule has 0 aliphatic heterocycles. The van der Waals surface area contributed by atoms with Gasteiger partial charge in [0.25, 0.3) is 0 Å². The number of amides is 1. The average Bonchev–Trinajstić information content (AvgIpc) is 3.42. The van der Waals surface area contributed by atoms with Crippen LogP contribution in [-0.2, 0) is 14.3 Å². The van der Waals surface area contributed by atoms with Crippen LogP contribution >= 0.6 is 0 Å². The van der Waals surface area contributed by atoms with Gasteiger partial charge in [-0.15, -0.1) is 0 Å². The third-order valence-electron chi connectivity index (χ3n) is 15.6. The first-order valence-electron chi connectivity index (χ1n) is 33.9. The second-order valence-electron chi connectivity index (χ2n) is 23.1. The number of nitrogens with one attached hydrogen (secondary N) is 1. The summed E-state index contributed by atoms with van der Waals surface area (Å²) >= 11 is 0. The summed E-state index contributed by atoms with van der Waals surface area (Å²) in [5.74, 6) is -0.0500. The van der Waals surface area contributed by atoms with Crippen LogP contribution in [0, 0.1) is 0 Å². The van der Waals surface area contributed by atoms with Crippen molar-refractivity contribution < 1.29 is 24.5 Å². The maximum atomic E-state index is 12.5. The summed E-state index contributed by atoms with van der Waals surface area (Å²) in [7, 11) is 0. The van der Waals surface area contributed by atoms with Crippen LogP contribution in [0.15, 0.2) is 48.6 Å². The Kier molecular flexibility index (Phi) is 63.5. The first-order chi connectivity index (χ1) is 37.5. The third-order valence-corrected chi connectivity index (χ3v) is 15.6. The summed E-state index contributed by atoms with van der Waals surface area (Å²) in [5, 5.41) is 23.4. The lowest BCUT2D eigenvalue weighted by atomic mass is 10.0. The van der Waals surface area contributed by atoms with Crippen molar-refractivity contribution in [3.05, 3.63) is 48.6 Å². The van der Waals surface area contributed by atoms with E-state index >= 15 is 0 Å². The molecule has 6 heteroatoms. The normalized spacial score (nSPS) is 12.8. The fourth-order valence-electron chi connectivity index (χ4n) is 10.4. The molecule has 0 radical (unpaired) electrons. The largest absolute Gasteiger partial charge is 0.466 e. The fraction of sp³-hybridized carbons (Fsp3) is 0.857. The van der Waals surface area contributed by atoms with Gasteiger partial charge in [-0.25, -0.2) is 0 Å². The van der Waals surface area contributed by atoms with E-state index in [1.165, 1.54) is 263 Å². The van der Waals surface area contributed by atoms with Crippen molar-refractivity contribution in [2.45, 2.75) is 373 Å². The number of aliphatic hydroxyl groups is 2. The molecule has 0 spiro atoms. The van der Waals surface area contributed by atoms with E-state index in [9.17, 15) is 19.8 Å². The van der Waals surface area contributed by atoms with Crippen LogP contribution in [0.4, 0.5) is 0 Å². The molecule has 0 aliphatic rings. The molecule has 0 saturated heterocycles. The Hall–Kier alpha value is -2.18. The number of hydrogen-bond donors (Lipinski definition) is 3. The Labute approximate surface area is 474 Å². The van der Waals surface area contributed by atoms with Crippen molar-refractivity contribution in [1.29, 1.82) is 0 Å². The highest BCUT2D eigenvalue weighted by Gasteiger charge is 2.20. The summed E-state index contributed by atoms with van der Waals surface area (Å²) in [6, 6.07) is -0.551. The maximum Gasteiger partial charge on any atom is 0.305 e. The molecule has 0 aliphatic carbocycles. The van der Waals surface area contributed by atoms with Gasteiger partial charge in [-0.2, -0.15) is 0 Å². The zero-order valence-electron chi connectivity index (χ0n) is 51.0. The molecule has 0 heterocycles. The molecule has 3 N–H and O–H groups in total. The van der Waals surface area contributed by atoms with Crippen LogP contribution in [-0.4, -0.2) is 47.4 Å². The minimum absolute atomic E-state index is 0.00743. The quantitative estimate of drug-likeness (QED) is 0.0320. The van der Waals surface area contributed by atoms with Crippen LogP contribution in [0.25, 0.3) is 0 Å². The summed E-state index contributed by atoms with van der Waals surface area (Å²) in [5.41, 5.74) is 0. The number of allylic oxidation sites excluding steroid dienone is 8. The minimum atomic E-state index is -0.673. The summed E-state index contributed by atoms with van der Waals surface area (Å²) in [6.07, 6.45) is 84.2. The Morgan fingerprint density at radius 2 is 0.671 bits per heavy atom. The smallest absolute Gasteiger partial charge is 0.305 e. The molecule has 0 rings (SSSR count). The predicted molar refractivity (Wildman–Crippen MR) is 333 cm³/mol. The van der Waals surface area contributed by atoms with Crippen molar-refractivity contribution in [3.63, 3.8) is 0 Å². The fourth-order valence-corrected chi connectivity index (χ4v) is 10.4. The molecule has 6 nitrogen and oxygen atoms in total. The van der Waals surface area contributed by atoms with Gasteiger partial charge >= 0.3 is 5.97 Å². The second-order valence-corrected chi connectivity index (χ2v) is 23.1. The molecule has 2 unspecified atom stereocenters. The Morgan fingerprint density at radius 1 is 0.368 bits per heavy atom. The zero-order chi connectivity index (χ0) is 55.0. The first-order valence-corrected chi connectivity index (χ1v) is 33.9. The molecular weight excluding hydrogens is 935 g/mol. The number of carbonyl (C=O) groups is 2. The van der Waals surface area contributed by atoms with Crippen LogP contribution in [0.3, 0.4) is 0 Å². The van der Waals surface area contributed by atoms with E-state index in [1.54, 1.807) is 0 Å². The highest BCUT2D eigenvalue weighted by molar-refractivity contribution is 5.76. The van der Waals surface area contributed by atoms with E-state index < -0.39 is 12.1 Å². The van der Waals surface area contributed by atoms with E-state index in [-0.39, 0.29) is 18.5 Å².